The first-order valence-corrected chi connectivity index (χ1v) is 7.45. The molecule has 2 fully saturated rings. The van der Waals surface area contributed by atoms with Gasteiger partial charge in [0.15, 0.2) is 0 Å². The van der Waals surface area contributed by atoms with E-state index in [1.165, 1.54) is 25.3 Å². The molecule has 124 valence electrons. The van der Waals surface area contributed by atoms with Gasteiger partial charge in [0.2, 0.25) is 11.8 Å². The van der Waals surface area contributed by atoms with Crippen molar-refractivity contribution in [2.24, 2.45) is 11.8 Å². The Bertz CT molecular complexity index is 819. The van der Waals surface area contributed by atoms with Gasteiger partial charge in [-0.05, 0) is 13.0 Å². The number of imide groups is 1. The van der Waals surface area contributed by atoms with Gasteiger partial charge in [-0.15, -0.1) is 0 Å². The van der Waals surface area contributed by atoms with Gasteiger partial charge in [0.25, 0.3) is 5.69 Å². The van der Waals surface area contributed by atoms with Gasteiger partial charge in [-0.3, -0.25) is 19.7 Å². The number of benzene rings is 1. The molecule has 0 saturated carbocycles. The van der Waals surface area contributed by atoms with Crippen molar-refractivity contribution in [3.05, 3.63) is 40.5 Å². The fourth-order valence-corrected chi connectivity index (χ4v) is 3.85. The highest BCUT2D eigenvalue weighted by Gasteiger charge is 2.66. The van der Waals surface area contributed by atoms with Crippen LogP contribution in [0.15, 0.2) is 30.4 Å². The van der Waals surface area contributed by atoms with Crippen LogP contribution in [0.4, 0.5) is 11.4 Å². The second-order valence-corrected chi connectivity index (χ2v) is 6.25. The molecule has 0 N–H and O–H groups in total. The average Bonchev–Trinajstić information content (AvgIpc) is 3.16. The van der Waals surface area contributed by atoms with E-state index in [4.69, 9.17) is 9.47 Å². The minimum absolute atomic E-state index is 0.109. The number of hydrogen-bond donors (Lipinski definition) is 0. The third-order valence-electron chi connectivity index (χ3n) is 4.94. The number of nitro groups is 1. The van der Waals surface area contributed by atoms with E-state index in [0.717, 1.165) is 4.90 Å². The Hall–Kier alpha value is -2.74. The Morgan fingerprint density at radius 3 is 2.71 bits per heavy atom. The van der Waals surface area contributed by atoms with Crippen molar-refractivity contribution in [1.82, 2.24) is 0 Å². The summed E-state index contributed by atoms with van der Waals surface area (Å²) >= 11 is 0. The van der Waals surface area contributed by atoms with E-state index in [-0.39, 0.29) is 28.9 Å². The quantitative estimate of drug-likeness (QED) is 0.360. The Balaban J connectivity index is 1.78. The van der Waals surface area contributed by atoms with E-state index < -0.39 is 28.5 Å². The fraction of sp³-hybridized carbons (Fsp3) is 0.375. The van der Waals surface area contributed by atoms with Crippen LogP contribution >= 0.6 is 0 Å². The van der Waals surface area contributed by atoms with Crippen molar-refractivity contribution in [3.63, 3.8) is 0 Å². The zero-order valence-electron chi connectivity index (χ0n) is 13.0. The van der Waals surface area contributed by atoms with Crippen molar-refractivity contribution in [2.75, 3.05) is 12.0 Å². The van der Waals surface area contributed by atoms with E-state index in [1.807, 2.05) is 12.2 Å². The molecule has 2 amide bonds. The number of nitrogens with zero attached hydrogens (tertiary/aromatic N) is 2. The smallest absolute Gasteiger partial charge is 0.273 e. The zero-order chi connectivity index (χ0) is 17.2. The Labute approximate surface area is 136 Å². The Morgan fingerprint density at radius 1 is 1.33 bits per heavy atom. The van der Waals surface area contributed by atoms with Gasteiger partial charge in [0, 0.05) is 6.07 Å². The van der Waals surface area contributed by atoms with Gasteiger partial charge >= 0.3 is 0 Å². The number of nitro benzene ring substituents is 1. The SMILES string of the molecule is COc1cc([N+](=O)[O-])ccc1N1C(=O)[C@@H]2[C@@H](C1=O)[C@@]1(C)C=C[C@H]2O1. The maximum Gasteiger partial charge on any atom is 0.273 e. The number of non-ortho nitro benzene ring substituents is 1. The highest BCUT2D eigenvalue weighted by molar-refractivity contribution is 6.24. The van der Waals surface area contributed by atoms with E-state index >= 15 is 0 Å². The van der Waals surface area contributed by atoms with Crippen LogP contribution in [0.25, 0.3) is 0 Å². The second-order valence-electron chi connectivity index (χ2n) is 6.25. The lowest BCUT2D eigenvalue weighted by molar-refractivity contribution is -0.384. The lowest BCUT2D eigenvalue weighted by atomic mass is 9.78. The van der Waals surface area contributed by atoms with Gasteiger partial charge < -0.3 is 9.47 Å². The van der Waals surface area contributed by atoms with Gasteiger partial charge in [-0.25, -0.2) is 4.90 Å². The summed E-state index contributed by atoms with van der Waals surface area (Å²) in [6.07, 6.45) is 3.22. The van der Waals surface area contributed by atoms with Gasteiger partial charge in [0.1, 0.15) is 5.75 Å². The van der Waals surface area contributed by atoms with E-state index in [1.54, 1.807) is 6.92 Å². The Kier molecular flexibility index (Phi) is 2.86. The number of carbonyl (C=O) groups excluding carboxylic acids is 2. The molecule has 1 aromatic carbocycles. The van der Waals surface area contributed by atoms with Crippen LogP contribution in [0.5, 0.6) is 5.75 Å². The molecule has 24 heavy (non-hydrogen) atoms. The molecule has 2 saturated heterocycles. The predicted molar refractivity (Wildman–Crippen MR) is 81.5 cm³/mol. The summed E-state index contributed by atoms with van der Waals surface area (Å²) in [6, 6.07) is 3.82. The van der Waals surface area contributed by atoms with Crippen molar-refractivity contribution >= 4 is 23.2 Å². The third kappa shape index (κ3) is 1.71. The predicted octanol–water partition coefficient (Wildman–Crippen LogP) is 1.44. The van der Waals surface area contributed by atoms with Gasteiger partial charge in [-0.1, -0.05) is 12.2 Å². The third-order valence-corrected chi connectivity index (χ3v) is 4.94. The van der Waals surface area contributed by atoms with Crippen LogP contribution in [0.2, 0.25) is 0 Å². The molecule has 3 aliphatic heterocycles. The zero-order valence-corrected chi connectivity index (χ0v) is 13.0. The number of methoxy groups -OCH3 is 1. The molecular formula is C16H14N2O6. The molecule has 4 rings (SSSR count). The average molecular weight is 330 g/mol. The highest BCUT2D eigenvalue weighted by Crippen LogP contribution is 2.53. The normalized spacial score (nSPS) is 33.2. The minimum Gasteiger partial charge on any atom is -0.494 e. The molecule has 8 nitrogen and oxygen atoms in total. The van der Waals surface area contributed by atoms with Gasteiger partial charge in [-0.2, -0.15) is 0 Å². The molecule has 0 unspecified atom stereocenters. The van der Waals surface area contributed by atoms with Crippen LogP contribution in [-0.4, -0.2) is 35.6 Å². The Morgan fingerprint density at radius 2 is 2.08 bits per heavy atom. The molecule has 3 heterocycles. The molecule has 0 aliphatic carbocycles. The fourth-order valence-electron chi connectivity index (χ4n) is 3.85. The number of hydrogen-bond acceptors (Lipinski definition) is 6. The number of amides is 2. The van der Waals surface area contributed by atoms with Crippen molar-refractivity contribution < 1.29 is 24.0 Å². The number of ether oxygens (including phenoxy) is 2. The summed E-state index contributed by atoms with van der Waals surface area (Å²) in [4.78, 5) is 37.1. The number of rotatable bonds is 3. The highest BCUT2D eigenvalue weighted by atomic mass is 16.6. The number of carbonyl (C=O) groups is 2. The molecule has 4 atom stereocenters. The van der Waals surface area contributed by atoms with Crippen LogP contribution in [0, 0.1) is 22.0 Å². The van der Waals surface area contributed by atoms with Crippen LogP contribution in [0.1, 0.15) is 6.92 Å². The number of fused-ring (bicyclic) bond motifs is 5. The molecule has 8 heteroatoms. The standard InChI is InChI=1S/C16H14N2O6/c1-16-6-5-10(24-16)12-13(16)15(20)17(14(12)19)9-4-3-8(18(21)22)7-11(9)23-2/h3-7,10,12-13H,1-2H3/t10-,12+,13+,16-/m1/s1. The van der Waals surface area contributed by atoms with Crippen molar-refractivity contribution in [2.45, 2.75) is 18.6 Å². The molecule has 0 radical (unpaired) electrons. The first-order valence-electron chi connectivity index (χ1n) is 7.45. The summed E-state index contributed by atoms with van der Waals surface area (Å²) < 4.78 is 10.9. The first-order chi connectivity index (χ1) is 11.4. The summed E-state index contributed by atoms with van der Waals surface area (Å²) in [7, 11) is 1.34. The second kappa shape index (κ2) is 4.64. The topological polar surface area (TPSA) is 99.0 Å². The summed E-state index contributed by atoms with van der Waals surface area (Å²) in [5.74, 6) is -1.77. The molecule has 1 aromatic rings. The minimum atomic E-state index is -0.787. The lowest BCUT2D eigenvalue weighted by Crippen LogP contribution is -2.38. The number of anilines is 1. The maximum atomic E-state index is 12.9. The van der Waals surface area contributed by atoms with E-state index in [9.17, 15) is 19.7 Å². The van der Waals surface area contributed by atoms with Gasteiger partial charge in [0.05, 0.1) is 47.3 Å². The largest absolute Gasteiger partial charge is 0.494 e. The summed E-state index contributed by atoms with van der Waals surface area (Å²) in [5.41, 5.74) is -0.743. The van der Waals surface area contributed by atoms with E-state index in [0.29, 0.717) is 0 Å². The van der Waals surface area contributed by atoms with E-state index in [2.05, 4.69) is 0 Å². The van der Waals surface area contributed by atoms with Crippen LogP contribution in [-0.2, 0) is 14.3 Å². The monoisotopic (exact) mass is 330 g/mol. The van der Waals surface area contributed by atoms with Crippen LogP contribution < -0.4 is 9.64 Å². The van der Waals surface area contributed by atoms with Crippen molar-refractivity contribution in [3.8, 4) is 5.75 Å². The first kappa shape index (κ1) is 14.8. The molecule has 0 aromatic heterocycles. The summed E-state index contributed by atoms with van der Waals surface area (Å²) in [6.45, 7) is 1.79. The molecule has 2 bridgehead atoms. The summed E-state index contributed by atoms with van der Waals surface area (Å²) in [5, 5.41) is 10.9. The van der Waals surface area contributed by atoms with Crippen molar-refractivity contribution in [1.29, 1.82) is 0 Å². The molecule has 3 aliphatic rings. The van der Waals surface area contributed by atoms with Crippen LogP contribution in [0.3, 0.4) is 0 Å². The molecular weight excluding hydrogens is 316 g/mol. The lowest BCUT2D eigenvalue weighted by Gasteiger charge is -2.24. The maximum absolute atomic E-state index is 12.9. The molecule has 0 spiro atoms.